The summed E-state index contributed by atoms with van der Waals surface area (Å²) >= 11 is 6.36. The molecule has 0 radical (unpaired) electrons. The Balaban J connectivity index is 2.53. The summed E-state index contributed by atoms with van der Waals surface area (Å²) in [4.78, 5) is 4.68. The van der Waals surface area contributed by atoms with Crippen molar-refractivity contribution in [2.45, 2.75) is 60.3 Å². The Bertz CT molecular complexity index is 1050. The van der Waals surface area contributed by atoms with Crippen molar-refractivity contribution in [1.29, 1.82) is 0 Å². The molecular weight excluding hydrogens is 436 g/mol. The molecule has 1 aromatic rings. The van der Waals surface area contributed by atoms with Crippen LogP contribution < -0.4 is 5.32 Å². The van der Waals surface area contributed by atoms with E-state index in [0.29, 0.717) is 11.8 Å². The van der Waals surface area contributed by atoms with Crippen molar-refractivity contribution in [1.82, 2.24) is 5.32 Å². The maximum Gasteiger partial charge on any atom is 0.0690 e. The van der Waals surface area contributed by atoms with Gasteiger partial charge in [-0.05, 0) is 92.1 Å². The first kappa shape index (κ1) is 27.9. The van der Waals surface area contributed by atoms with Crippen LogP contribution in [0.5, 0.6) is 0 Å². The summed E-state index contributed by atoms with van der Waals surface area (Å²) in [5.74, 6) is 1.18. The van der Waals surface area contributed by atoms with Crippen molar-refractivity contribution in [3.05, 3.63) is 93.9 Å². The molecule has 34 heavy (non-hydrogen) atoms. The summed E-state index contributed by atoms with van der Waals surface area (Å²) < 4.78 is 0. The molecule has 0 saturated carbocycles. The molecule has 0 saturated heterocycles. The zero-order valence-corrected chi connectivity index (χ0v) is 22.6. The molecule has 3 heteroatoms. The molecule has 2 atom stereocenters. The minimum atomic E-state index is 0.158. The second kappa shape index (κ2) is 13.5. The van der Waals surface area contributed by atoms with Crippen LogP contribution in [0.1, 0.15) is 71.4 Å². The summed E-state index contributed by atoms with van der Waals surface area (Å²) in [7, 11) is 0. The van der Waals surface area contributed by atoms with E-state index in [9.17, 15) is 0 Å². The van der Waals surface area contributed by atoms with Crippen LogP contribution in [0.15, 0.2) is 82.7 Å². The monoisotopic (exact) mass is 476 g/mol. The van der Waals surface area contributed by atoms with E-state index in [-0.39, 0.29) is 5.92 Å². The molecule has 1 N–H and O–H groups in total. The molecule has 2 nitrogen and oxygen atoms in total. The standard InChI is InChI=1S/C31H41ClN2/c1-9-26-12-13-28(32)19-30(26)24(7)18-27(17-21(2)3)31-25(8)34-15-10-11-29(31)23(6)14-16-33-20-22(4)5/h9,11-13,15,18-19,22-24,33H,1-2,14,16-17,20H2,3-8H3/b27-18-. The number of halogens is 1. The van der Waals surface area contributed by atoms with E-state index in [1.165, 1.54) is 22.3 Å². The number of rotatable bonds is 12. The smallest absolute Gasteiger partial charge is 0.0690 e. The van der Waals surface area contributed by atoms with Crippen molar-refractivity contribution in [2.24, 2.45) is 16.8 Å². The number of hydrogen-bond acceptors (Lipinski definition) is 2. The highest BCUT2D eigenvalue weighted by atomic mass is 35.5. The first-order valence-electron chi connectivity index (χ1n) is 12.3. The van der Waals surface area contributed by atoms with Crippen LogP contribution in [0.4, 0.5) is 0 Å². The first-order valence-corrected chi connectivity index (χ1v) is 12.7. The van der Waals surface area contributed by atoms with E-state index in [1.54, 1.807) is 6.20 Å². The molecule has 0 spiro atoms. The molecule has 1 heterocycles. The average Bonchev–Trinajstić information content (AvgIpc) is 2.97. The lowest BCUT2D eigenvalue weighted by atomic mass is 9.83. The third kappa shape index (κ3) is 8.13. The number of hydrogen-bond donors (Lipinski definition) is 1. The van der Waals surface area contributed by atoms with E-state index in [4.69, 9.17) is 11.6 Å². The lowest BCUT2D eigenvalue weighted by Crippen LogP contribution is -2.23. The molecule has 0 amide bonds. The molecule has 0 bridgehead atoms. The van der Waals surface area contributed by atoms with Crippen molar-refractivity contribution < 1.29 is 0 Å². The average molecular weight is 477 g/mol. The van der Waals surface area contributed by atoms with Gasteiger partial charge >= 0.3 is 0 Å². The third-order valence-electron chi connectivity index (χ3n) is 6.08. The molecule has 0 aromatic heterocycles. The maximum atomic E-state index is 6.36. The van der Waals surface area contributed by atoms with Crippen LogP contribution in [0.3, 0.4) is 0 Å². The van der Waals surface area contributed by atoms with E-state index < -0.39 is 0 Å². The van der Waals surface area contributed by atoms with Gasteiger partial charge in [0.15, 0.2) is 0 Å². The molecule has 182 valence electrons. The normalized spacial score (nSPS) is 15.9. The number of nitrogens with one attached hydrogen (secondary N) is 1. The van der Waals surface area contributed by atoms with Crippen molar-refractivity contribution >= 4 is 23.4 Å². The van der Waals surface area contributed by atoms with E-state index in [2.05, 4.69) is 82.9 Å². The SMILES string of the molecule is C=Cc1ccc(Cl)cc1C(C)/C=C(/CC(=C)C)C1=C(C(C)CCNCC(C)C)C=C=CN=C1C. The van der Waals surface area contributed by atoms with E-state index in [1.807, 2.05) is 24.3 Å². The quantitative estimate of drug-likeness (QED) is 0.182. The summed E-state index contributed by atoms with van der Waals surface area (Å²) in [5.41, 5.74) is 11.5. The van der Waals surface area contributed by atoms with Gasteiger partial charge < -0.3 is 5.32 Å². The molecule has 2 unspecified atom stereocenters. The fourth-order valence-corrected chi connectivity index (χ4v) is 4.53. The van der Waals surface area contributed by atoms with Crippen LogP contribution in [-0.2, 0) is 0 Å². The Morgan fingerprint density at radius 2 is 1.97 bits per heavy atom. The van der Waals surface area contributed by atoms with Gasteiger partial charge in [0, 0.05) is 22.2 Å². The summed E-state index contributed by atoms with van der Waals surface area (Å²) in [6, 6.07) is 6.00. The highest BCUT2D eigenvalue weighted by Gasteiger charge is 2.20. The number of benzene rings is 1. The second-order valence-corrected chi connectivity index (χ2v) is 10.3. The Kier molecular flexibility index (Phi) is 11.1. The third-order valence-corrected chi connectivity index (χ3v) is 6.32. The van der Waals surface area contributed by atoms with Gasteiger partial charge in [0.2, 0.25) is 0 Å². The van der Waals surface area contributed by atoms with Crippen LogP contribution in [-0.4, -0.2) is 18.8 Å². The van der Waals surface area contributed by atoms with Gasteiger partial charge in [-0.1, -0.05) is 76.2 Å². The largest absolute Gasteiger partial charge is 0.316 e. The number of nitrogens with zero attached hydrogens (tertiary/aromatic N) is 1. The van der Waals surface area contributed by atoms with Crippen LogP contribution in [0, 0.1) is 11.8 Å². The van der Waals surface area contributed by atoms with Crippen molar-refractivity contribution in [3.8, 4) is 0 Å². The fourth-order valence-electron chi connectivity index (χ4n) is 4.35. The second-order valence-electron chi connectivity index (χ2n) is 9.86. The summed E-state index contributed by atoms with van der Waals surface area (Å²) in [6.07, 6.45) is 10.0. The lowest BCUT2D eigenvalue weighted by Gasteiger charge is -2.22. The van der Waals surface area contributed by atoms with E-state index >= 15 is 0 Å². The van der Waals surface area contributed by atoms with Gasteiger partial charge in [0.25, 0.3) is 0 Å². The number of allylic oxidation sites excluding steroid dienone is 6. The lowest BCUT2D eigenvalue weighted by molar-refractivity contribution is 0.510. The van der Waals surface area contributed by atoms with Gasteiger partial charge in [-0.2, -0.15) is 0 Å². The Morgan fingerprint density at radius 3 is 2.62 bits per heavy atom. The Labute approximate surface area is 212 Å². The molecule has 0 fully saturated rings. The molecule has 0 aliphatic carbocycles. The highest BCUT2D eigenvalue weighted by molar-refractivity contribution is 6.30. The Morgan fingerprint density at radius 1 is 1.24 bits per heavy atom. The summed E-state index contributed by atoms with van der Waals surface area (Å²) in [5, 5.41) is 4.32. The first-order chi connectivity index (χ1) is 16.1. The van der Waals surface area contributed by atoms with E-state index in [0.717, 1.165) is 47.8 Å². The molecular formula is C31H41ClN2. The minimum absolute atomic E-state index is 0.158. The van der Waals surface area contributed by atoms with Crippen LogP contribution in [0.25, 0.3) is 6.08 Å². The van der Waals surface area contributed by atoms with Crippen molar-refractivity contribution in [3.63, 3.8) is 0 Å². The van der Waals surface area contributed by atoms with Crippen molar-refractivity contribution in [2.75, 3.05) is 13.1 Å². The predicted octanol–water partition coefficient (Wildman–Crippen LogP) is 8.69. The molecule has 1 aliphatic rings. The van der Waals surface area contributed by atoms with Gasteiger partial charge in [-0.15, -0.1) is 5.73 Å². The van der Waals surface area contributed by atoms with Gasteiger partial charge in [0.05, 0.1) is 6.20 Å². The zero-order valence-electron chi connectivity index (χ0n) is 21.8. The topological polar surface area (TPSA) is 24.4 Å². The van der Waals surface area contributed by atoms with Gasteiger partial charge in [0.1, 0.15) is 0 Å². The zero-order chi connectivity index (χ0) is 25.3. The predicted molar refractivity (Wildman–Crippen MR) is 152 cm³/mol. The van der Waals surface area contributed by atoms with Crippen LogP contribution in [0.2, 0.25) is 5.02 Å². The van der Waals surface area contributed by atoms with Crippen LogP contribution >= 0.6 is 11.6 Å². The molecule has 1 aliphatic heterocycles. The van der Waals surface area contributed by atoms with Gasteiger partial charge in [-0.25, -0.2) is 0 Å². The number of aliphatic imine (C=N–C) groups is 1. The summed E-state index contributed by atoms with van der Waals surface area (Å²) in [6.45, 7) is 23.4. The Hall–Kier alpha value is -2.38. The molecule has 2 rings (SSSR count). The van der Waals surface area contributed by atoms with Gasteiger partial charge in [-0.3, -0.25) is 4.99 Å². The maximum absolute atomic E-state index is 6.36. The fraction of sp³-hybridized carbons (Fsp3) is 0.419. The molecule has 1 aromatic carbocycles. The minimum Gasteiger partial charge on any atom is -0.316 e. The highest BCUT2D eigenvalue weighted by Crippen LogP contribution is 2.34.